The van der Waals surface area contributed by atoms with Crippen LogP contribution in [0.1, 0.15) is 22.9 Å². The van der Waals surface area contributed by atoms with E-state index in [1.165, 1.54) is 23.1 Å². The zero-order valence-electron chi connectivity index (χ0n) is 16.7. The fourth-order valence-electron chi connectivity index (χ4n) is 2.86. The maximum Gasteiger partial charge on any atom is 0.263 e. The Balaban J connectivity index is 1.91. The first-order chi connectivity index (χ1) is 13.7. The zero-order valence-corrected chi connectivity index (χ0v) is 19.9. The third kappa shape index (κ3) is 4.49. The monoisotopic (exact) mass is 491 g/mol. The number of rotatable bonds is 6. The number of nitrogens with one attached hydrogen (secondary N) is 1. The van der Waals surface area contributed by atoms with Gasteiger partial charge in [-0.25, -0.2) is 4.98 Å². The minimum absolute atomic E-state index is 0.0897. The highest BCUT2D eigenvalue weighted by molar-refractivity contribution is 9.10. The number of fused-ring (bicyclic) bond motifs is 1. The van der Waals surface area contributed by atoms with E-state index in [2.05, 4.69) is 27.8 Å². The normalized spacial score (nSPS) is 12.2. The first kappa shape index (κ1) is 21.8. The number of nitrogens with zero attached hydrogens (tertiary/aromatic N) is 2. The molecule has 1 atom stereocenters. The van der Waals surface area contributed by atoms with E-state index in [0.29, 0.717) is 27.6 Å². The van der Waals surface area contributed by atoms with E-state index in [0.717, 1.165) is 20.5 Å². The number of thiophene rings is 1. The van der Waals surface area contributed by atoms with Crippen molar-refractivity contribution in [1.29, 1.82) is 0 Å². The van der Waals surface area contributed by atoms with E-state index < -0.39 is 5.25 Å². The predicted octanol–water partition coefficient (Wildman–Crippen LogP) is 5.45. The lowest BCUT2D eigenvalue weighted by atomic mass is 10.2. The molecule has 0 aliphatic rings. The average molecular weight is 492 g/mol. The van der Waals surface area contributed by atoms with Crippen LogP contribution in [0.3, 0.4) is 0 Å². The van der Waals surface area contributed by atoms with Crippen molar-refractivity contribution in [2.45, 2.75) is 44.6 Å². The van der Waals surface area contributed by atoms with Crippen molar-refractivity contribution in [2.24, 2.45) is 0 Å². The summed E-state index contributed by atoms with van der Waals surface area (Å²) in [6, 6.07) is 5.76. The van der Waals surface area contributed by atoms with Gasteiger partial charge in [0.2, 0.25) is 5.91 Å². The van der Waals surface area contributed by atoms with Crippen LogP contribution >= 0.6 is 39.0 Å². The number of carbonyl (C=O) groups is 1. The highest BCUT2D eigenvalue weighted by Crippen LogP contribution is 2.30. The number of allylic oxidation sites excluding steroid dienone is 1. The molecule has 1 unspecified atom stereocenters. The van der Waals surface area contributed by atoms with Gasteiger partial charge in [-0.2, -0.15) is 0 Å². The van der Waals surface area contributed by atoms with Gasteiger partial charge in [-0.3, -0.25) is 14.2 Å². The van der Waals surface area contributed by atoms with Gasteiger partial charge < -0.3 is 5.32 Å². The molecule has 5 nitrogen and oxygen atoms in total. The number of hydrogen-bond acceptors (Lipinski definition) is 5. The van der Waals surface area contributed by atoms with Gasteiger partial charge in [-0.1, -0.05) is 23.9 Å². The fourth-order valence-corrected chi connectivity index (χ4v) is 5.44. The van der Waals surface area contributed by atoms with Crippen LogP contribution in [0.25, 0.3) is 10.2 Å². The first-order valence-corrected chi connectivity index (χ1v) is 11.6. The van der Waals surface area contributed by atoms with E-state index in [1.807, 2.05) is 45.9 Å². The summed E-state index contributed by atoms with van der Waals surface area (Å²) in [6.07, 6.45) is 1.67. The second-order valence-electron chi connectivity index (χ2n) is 6.79. The topological polar surface area (TPSA) is 64.0 Å². The molecule has 1 aromatic carbocycles. The molecule has 0 bridgehead atoms. The minimum Gasteiger partial charge on any atom is -0.324 e. The fraction of sp³-hybridized carbons (Fsp3) is 0.286. The molecule has 0 aliphatic heterocycles. The van der Waals surface area contributed by atoms with Crippen LogP contribution in [0.15, 0.2) is 45.3 Å². The summed E-state index contributed by atoms with van der Waals surface area (Å²) in [5.41, 5.74) is 2.69. The molecule has 0 radical (unpaired) electrons. The number of thioether (sulfide) groups is 1. The minimum atomic E-state index is -0.439. The number of amides is 1. The maximum absolute atomic E-state index is 13.1. The number of hydrogen-bond donors (Lipinski definition) is 1. The lowest BCUT2D eigenvalue weighted by Gasteiger charge is -2.15. The Bertz CT molecular complexity index is 1170. The molecule has 2 aromatic heterocycles. The highest BCUT2D eigenvalue weighted by atomic mass is 79.9. The predicted molar refractivity (Wildman–Crippen MR) is 126 cm³/mol. The molecule has 0 spiro atoms. The molecule has 0 saturated carbocycles. The Hall–Kier alpha value is -1.90. The van der Waals surface area contributed by atoms with Gasteiger partial charge in [0.05, 0.1) is 16.3 Å². The molecule has 152 valence electrons. The van der Waals surface area contributed by atoms with Crippen molar-refractivity contribution in [3.8, 4) is 0 Å². The quantitative estimate of drug-likeness (QED) is 0.282. The number of aromatic nitrogens is 2. The summed E-state index contributed by atoms with van der Waals surface area (Å²) >= 11 is 6.26. The van der Waals surface area contributed by atoms with E-state index >= 15 is 0 Å². The molecule has 3 aromatic rings. The SMILES string of the molecule is C=CCn1c(SC(C)C(=O)Nc2ccc(C)cc2Br)nc2sc(C)c(C)c2c1=O. The molecular formula is C21H22BrN3O2S2. The third-order valence-electron chi connectivity index (χ3n) is 4.60. The van der Waals surface area contributed by atoms with Gasteiger partial charge in [0.15, 0.2) is 5.16 Å². The number of carbonyl (C=O) groups excluding carboxylic acids is 1. The van der Waals surface area contributed by atoms with Gasteiger partial charge in [-0.05, 0) is 66.9 Å². The molecule has 0 aliphatic carbocycles. The summed E-state index contributed by atoms with van der Waals surface area (Å²) < 4.78 is 2.42. The Morgan fingerprint density at radius 1 is 1.41 bits per heavy atom. The molecule has 0 saturated heterocycles. The van der Waals surface area contributed by atoms with Gasteiger partial charge in [0.25, 0.3) is 5.56 Å². The third-order valence-corrected chi connectivity index (χ3v) is 7.45. The summed E-state index contributed by atoms with van der Waals surface area (Å²) in [4.78, 5) is 32.3. The standard InChI is InChI=1S/C21H22BrN3O2S2/c1-6-9-25-20(27)17-12(3)13(4)28-19(17)24-21(25)29-14(5)18(26)23-16-8-7-11(2)10-15(16)22/h6-8,10,14H,1,9H2,2-5H3,(H,23,26). The molecular weight excluding hydrogens is 470 g/mol. The molecule has 2 heterocycles. The van der Waals surface area contributed by atoms with Gasteiger partial charge in [-0.15, -0.1) is 17.9 Å². The number of benzene rings is 1. The zero-order chi connectivity index (χ0) is 21.3. The van der Waals surface area contributed by atoms with E-state index in [4.69, 9.17) is 4.98 Å². The first-order valence-electron chi connectivity index (χ1n) is 9.08. The van der Waals surface area contributed by atoms with Crippen molar-refractivity contribution in [3.63, 3.8) is 0 Å². The average Bonchev–Trinajstić information content (AvgIpc) is 2.94. The van der Waals surface area contributed by atoms with Gasteiger partial charge in [0, 0.05) is 15.9 Å². The Kier molecular flexibility index (Phi) is 6.65. The van der Waals surface area contributed by atoms with Crippen LogP contribution in [-0.4, -0.2) is 20.7 Å². The maximum atomic E-state index is 13.1. The molecule has 0 fully saturated rings. The van der Waals surface area contributed by atoms with Crippen molar-refractivity contribution in [1.82, 2.24) is 9.55 Å². The number of anilines is 1. The van der Waals surface area contributed by atoms with Crippen LogP contribution in [0.5, 0.6) is 0 Å². The second kappa shape index (κ2) is 8.85. The number of aryl methyl sites for hydroxylation is 3. The molecule has 1 amide bonds. The smallest absolute Gasteiger partial charge is 0.263 e. The summed E-state index contributed by atoms with van der Waals surface area (Å²) in [5.74, 6) is -0.155. The Labute approximate surface area is 186 Å². The van der Waals surface area contributed by atoms with Crippen molar-refractivity contribution in [2.75, 3.05) is 5.32 Å². The van der Waals surface area contributed by atoms with E-state index in [1.54, 1.807) is 10.6 Å². The Morgan fingerprint density at radius 2 is 2.14 bits per heavy atom. The van der Waals surface area contributed by atoms with Crippen molar-refractivity contribution in [3.05, 3.63) is 61.7 Å². The van der Waals surface area contributed by atoms with Crippen molar-refractivity contribution < 1.29 is 4.79 Å². The van der Waals surface area contributed by atoms with Gasteiger partial charge in [0.1, 0.15) is 4.83 Å². The van der Waals surface area contributed by atoms with Crippen LogP contribution in [0, 0.1) is 20.8 Å². The molecule has 1 N–H and O–H groups in total. The Morgan fingerprint density at radius 3 is 2.79 bits per heavy atom. The van der Waals surface area contributed by atoms with Crippen molar-refractivity contribution >= 4 is 60.8 Å². The summed E-state index contributed by atoms with van der Waals surface area (Å²) in [7, 11) is 0. The molecule has 29 heavy (non-hydrogen) atoms. The second-order valence-corrected chi connectivity index (χ2v) is 10.2. The largest absolute Gasteiger partial charge is 0.324 e. The van der Waals surface area contributed by atoms with Crippen LogP contribution in [0.2, 0.25) is 0 Å². The summed E-state index contributed by atoms with van der Waals surface area (Å²) in [6.45, 7) is 11.8. The highest BCUT2D eigenvalue weighted by Gasteiger charge is 2.21. The summed E-state index contributed by atoms with van der Waals surface area (Å²) in [5, 5.41) is 3.67. The van der Waals surface area contributed by atoms with E-state index in [-0.39, 0.29) is 11.5 Å². The van der Waals surface area contributed by atoms with Crippen LogP contribution in [-0.2, 0) is 11.3 Å². The number of halogens is 1. The van der Waals surface area contributed by atoms with Crippen LogP contribution in [0.4, 0.5) is 5.69 Å². The lowest BCUT2D eigenvalue weighted by molar-refractivity contribution is -0.115. The lowest BCUT2D eigenvalue weighted by Crippen LogP contribution is -2.26. The van der Waals surface area contributed by atoms with Crippen LogP contribution < -0.4 is 10.9 Å². The molecule has 8 heteroatoms. The van der Waals surface area contributed by atoms with E-state index in [9.17, 15) is 9.59 Å². The van der Waals surface area contributed by atoms with Gasteiger partial charge >= 0.3 is 0 Å². The molecule has 3 rings (SSSR count).